The predicted molar refractivity (Wildman–Crippen MR) is 63.8 cm³/mol. The van der Waals surface area contributed by atoms with Gasteiger partial charge in [0.1, 0.15) is 0 Å². The number of hydrogen-bond acceptors (Lipinski definition) is 2. The van der Waals surface area contributed by atoms with Crippen molar-refractivity contribution in [2.75, 3.05) is 11.1 Å². The number of anilines is 2. The maximum atomic E-state index is 6.04. The van der Waals surface area contributed by atoms with Crippen LogP contribution in [0.3, 0.4) is 0 Å². The highest BCUT2D eigenvalue weighted by molar-refractivity contribution is 6.33. The van der Waals surface area contributed by atoms with E-state index in [1.165, 1.54) is 0 Å². The summed E-state index contributed by atoms with van der Waals surface area (Å²) in [5.41, 5.74) is 7.36. The largest absolute Gasteiger partial charge is 0.397 e. The molecule has 0 radical (unpaired) electrons. The highest BCUT2D eigenvalue weighted by Crippen LogP contribution is 2.29. The molecule has 0 aliphatic heterocycles. The monoisotopic (exact) mass is 212 g/mol. The summed E-state index contributed by atoms with van der Waals surface area (Å²) in [6.45, 7) is 6.43. The molecule has 1 atom stereocenters. The summed E-state index contributed by atoms with van der Waals surface area (Å²) in [5, 5.41) is 4.00. The van der Waals surface area contributed by atoms with E-state index in [0.29, 0.717) is 22.7 Å². The van der Waals surface area contributed by atoms with Gasteiger partial charge in [0, 0.05) is 6.04 Å². The average Bonchev–Trinajstić information content (AvgIpc) is 2.11. The Morgan fingerprint density at radius 1 is 1.29 bits per heavy atom. The topological polar surface area (TPSA) is 38.0 Å². The summed E-state index contributed by atoms with van der Waals surface area (Å²) in [7, 11) is 0. The van der Waals surface area contributed by atoms with Crippen LogP contribution in [0.4, 0.5) is 11.4 Å². The van der Waals surface area contributed by atoms with Gasteiger partial charge in [-0.15, -0.1) is 0 Å². The Kier molecular flexibility index (Phi) is 3.64. The van der Waals surface area contributed by atoms with Gasteiger partial charge in [0.25, 0.3) is 0 Å². The molecule has 0 saturated heterocycles. The molecule has 0 aliphatic rings. The number of hydrogen-bond donors (Lipinski definition) is 2. The third-order valence-corrected chi connectivity index (χ3v) is 2.73. The Morgan fingerprint density at radius 3 is 2.43 bits per heavy atom. The minimum atomic E-state index is 0.359. The number of nitrogens with one attached hydrogen (secondary N) is 1. The zero-order chi connectivity index (χ0) is 10.7. The Labute approximate surface area is 90.4 Å². The molecule has 14 heavy (non-hydrogen) atoms. The van der Waals surface area contributed by atoms with Crippen molar-refractivity contribution in [2.24, 2.45) is 5.92 Å². The summed E-state index contributed by atoms with van der Waals surface area (Å²) in [5.74, 6) is 0.547. The van der Waals surface area contributed by atoms with Crippen molar-refractivity contribution in [3.05, 3.63) is 23.2 Å². The van der Waals surface area contributed by atoms with Crippen LogP contribution in [0, 0.1) is 5.92 Å². The fraction of sp³-hybridized carbons (Fsp3) is 0.455. The van der Waals surface area contributed by atoms with E-state index in [-0.39, 0.29) is 0 Å². The van der Waals surface area contributed by atoms with Gasteiger partial charge in [-0.2, -0.15) is 0 Å². The van der Waals surface area contributed by atoms with Crippen molar-refractivity contribution in [3.8, 4) is 0 Å². The van der Waals surface area contributed by atoms with Crippen LogP contribution >= 0.6 is 11.6 Å². The second-order valence-corrected chi connectivity index (χ2v) is 4.29. The number of nitrogens with two attached hydrogens (primary N) is 1. The minimum absolute atomic E-state index is 0.359. The molecule has 0 amide bonds. The van der Waals surface area contributed by atoms with E-state index in [2.05, 4.69) is 26.1 Å². The highest BCUT2D eigenvalue weighted by atomic mass is 35.5. The van der Waals surface area contributed by atoms with Crippen LogP contribution in [-0.2, 0) is 0 Å². The third-order valence-electron chi connectivity index (χ3n) is 2.42. The lowest BCUT2D eigenvalue weighted by molar-refractivity contribution is 0.560. The molecule has 0 heterocycles. The van der Waals surface area contributed by atoms with E-state index in [1.807, 2.05) is 18.2 Å². The van der Waals surface area contributed by atoms with Crippen LogP contribution in [0.5, 0.6) is 0 Å². The fourth-order valence-corrected chi connectivity index (χ4v) is 1.32. The molecule has 1 rings (SSSR count). The molecular formula is C11H17ClN2. The SMILES string of the molecule is CC(C)C(C)Nc1c(N)cccc1Cl. The smallest absolute Gasteiger partial charge is 0.0765 e. The van der Waals surface area contributed by atoms with Crippen molar-refractivity contribution >= 4 is 23.0 Å². The number of benzene rings is 1. The lowest BCUT2D eigenvalue weighted by atomic mass is 10.1. The first-order valence-electron chi connectivity index (χ1n) is 4.83. The Bertz CT molecular complexity index is 290. The van der Waals surface area contributed by atoms with Crippen molar-refractivity contribution < 1.29 is 0 Å². The molecule has 1 unspecified atom stereocenters. The van der Waals surface area contributed by atoms with Crippen molar-refractivity contribution in [1.29, 1.82) is 0 Å². The number of para-hydroxylation sites is 1. The first kappa shape index (κ1) is 11.2. The van der Waals surface area contributed by atoms with Crippen LogP contribution in [-0.4, -0.2) is 6.04 Å². The minimum Gasteiger partial charge on any atom is -0.397 e. The van der Waals surface area contributed by atoms with Crippen LogP contribution in [0.15, 0.2) is 18.2 Å². The maximum absolute atomic E-state index is 6.04. The van der Waals surface area contributed by atoms with Gasteiger partial charge in [0.2, 0.25) is 0 Å². The summed E-state index contributed by atoms with van der Waals surface area (Å²) >= 11 is 6.04. The molecule has 3 heteroatoms. The highest BCUT2D eigenvalue weighted by Gasteiger charge is 2.10. The van der Waals surface area contributed by atoms with Crippen LogP contribution in [0.2, 0.25) is 5.02 Å². The van der Waals surface area contributed by atoms with Gasteiger partial charge in [0.05, 0.1) is 16.4 Å². The molecule has 3 N–H and O–H groups in total. The Balaban J connectivity index is 2.85. The van der Waals surface area contributed by atoms with E-state index >= 15 is 0 Å². The Morgan fingerprint density at radius 2 is 1.93 bits per heavy atom. The number of rotatable bonds is 3. The lowest BCUT2D eigenvalue weighted by Crippen LogP contribution is -2.22. The van der Waals surface area contributed by atoms with Gasteiger partial charge in [-0.05, 0) is 25.0 Å². The molecule has 2 nitrogen and oxygen atoms in total. The first-order valence-corrected chi connectivity index (χ1v) is 5.20. The standard InChI is InChI=1S/C11H17ClN2/c1-7(2)8(3)14-11-9(12)5-4-6-10(11)13/h4-8,14H,13H2,1-3H3. The normalized spacial score (nSPS) is 12.9. The van der Waals surface area contributed by atoms with E-state index in [9.17, 15) is 0 Å². The molecule has 0 saturated carbocycles. The zero-order valence-corrected chi connectivity index (χ0v) is 9.60. The van der Waals surface area contributed by atoms with E-state index in [0.717, 1.165) is 5.69 Å². The van der Waals surface area contributed by atoms with Crippen LogP contribution < -0.4 is 11.1 Å². The van der Waals surface area contributed by atoms with Crippen molar-refractivity contribution in [2.45, 2.75) is 26.8 Å². The van der Waals surface area contributed by atoms with Gasteiger partial charge < -0.3 is 11.1 Å². The van der Waals surface area contributed by atoms with Gasteiger partial charge in [-0.25, -0.2) is 0 Å². The Hall–Kier alpha value is -0.890. The lowest BCUT2D eigenvalue weighted by Gasteiger charge is -2.20. The van der Waals surface area contributed by atoms with Gasteiger partial charge >= 0.3 is 0 Å². The summed E-state index contributed by atoms with van der Waals surface area (Å²) in [6, 6.07) is 5.90. The van der Waals surface area contributed by atoms with E-state index in [1.54, 1.807) is 0 Å². The molecule has 0 aliphatic carbocycles. The molecule has 0 bridgehead atoms. The summed E-state index contributed by atoms with van der Waals surface area (Å²) < 4.78 is 0. The van der Waals surface area contributed by atoms with E-state index < -0.39 is 0 Å². The maximum Gasteiger partial charge on any atom is 0.0765 e. The van der Waals surface area contributed by atoms with Gasteiger partial charge in [-0.3, -0.25) is 0 Å². The summed E-state index contributed by atoms with van der Waals surface area (Å²) in [6.07, 6.45) is 0. The third kappa shape index (κ3) is 2.55. The fourth-order valence-electron chi connectivity index (χ4n) is 1.09. The molecule has 0 spiro atoms. The summed E-state index contributed by atoms with van der Waals surface area (Å²) in [4.78, 5) is 0. The second kappa shape index (κ2) is 4.56. The van der Waals surface area contributed by atoms with Crippen molar-refractivity contribution in [3.63, 3.8) is 0 Å². The van der Waals surface area contributed by atoms with Gasteiger partial charge in [0.15, 0.2) is 0 Å². The van der Waals surface area contributed by atoms with Crippen LogP contribution in [0.1, 0.15) is 20.8 Å². The van der Waals surface area contributed by atoms with E-state index in [4.69, 9.17) is 17.3 Å². The van der Waals surface area contributed by atoms with Crippen molar-refractivity contribution in [1.82, 2.24) is 0 Å². The molecule has 1 aromatic carbocycles. The number of halogens is 1. The van der Waals surface area contributed by atoms with Crippen LogP contribution in [0.25, 0.3) is 0 Å². The quantitative estimate of drug-likeness (QED) is 0.754. The molecular weight excluding hydrogens is 196 g/mol. The molecule has 0 fully saturated rings. The molecule has 1 aromatic rings. The first-order chi connectivity index (χ1) is 6.52. The zero-order valence-electron chi connectivity index (χ0n) is 8.84. The molecule has 78 valence electrons. The van der Waals surface area contributed by atoms with Gasteiger partial charge in [-0.1, -0.05) is 31.5 Å². The average molecular weight is 213 g/mol. The predicted octanol–water partition coefficient (Wildman–Crippen LogP) is 3.38. The number of nitrogen functional groups attached to an aromatic ring is 1. The molecule has 0 aromatic heterocycles. The second-order valence-electron chi connectivity index (χ2n) is 3.88.